The monoisotopic (exact) mass is 310 g/mol. The molecule has 0 saturated heterocycles. The molecule has 4 heteroatoms. The van der Waals surface area contributed by atoms with Crippen LogP contribution in [0.5, 0.6) is 23.0 Å². The van der Waals surface area contributed by atoms with Crippen LogP contribution in [0.2, 0.25) is 0 Å². The number of hydrogen-bond acceptors (Lipinski definition) is 4. The lowest BCUT2D eigenvalue weighted by atomic mass is 10.2. The number of hydrogen-bond donors (Lipinski definition) is 2. The van der Waals surface area contributed by atoms with E-state index in [0.29, 0.717) is 19.0 Å². The van der Waals surface area contributed by atoms with Gasteiger partial charge in [0.05, 0.1) is 13.2 Å². The Hall–Kier alpha value is -1.58. The summed E-state index contributed by atoms with van der Waals surface area (Å²) in [5, 5.41) is 20.0. The van der Waals surface area contributed by atoms with Crippen LogP contribution in [0, 0.1) is 0 Å². The smallest absolute Gasteiger partial charge is 0.207 e. The normalized spacial score (nSPS) is 10.6. The molecule has 1 aromatic rings. The van der Waals surface area contributed by atoms with E-state index in [1.165, 1.54) is 25.3 Å². The van der Waals surface area contributed by atoms with Crippen molar-refractivity contribution in [1.29, 1.82) is 0 Å². The molecule has 4 nitrogen and oxygen atoms in total. The van der Waals surface area contributed by atoms with Crippen molar-refractivity contribution in [2.45, 2.75) is 65.2 Å². The zero-order valence-electron chi connectivity index (χ0n) is 13.9. The van der Waals surface area contributed by atoms with Gasteiger partial charge in [-0.15, -0.1) is 0 Å². The first kappa shape index (κ1) is 18.5. The number of phenols is 2. The highest BCUT2D eigenvalue weighted by molar-refractivity contribution is 5.57. The van der Waals surface area contributed by atoms with E-state index in [2.05, 4.69) is 13.8 Å². The third-order valence-corrected chi connectivity index (χ3v) is 3.57. The van der Waals surface area contributed by atoms with E-state index in [1.54, 1.807) is 6.07 Å². The van der Waals surface area contributed by atoms with E-state index in [1.807, 2.05) is 0 Å². The van der Waals surface area contributed by atoms with Gasteiger partial charge < -0.3 is 19.7 Å². The molecule has 0 bridgehead atoms. The van der Waals surface area contributed by atoms with Gasteiger partial charge >= 0.3 is 0 Å². The molecule has 2 N–H and O–H groups in total. The lowest BCUT2D eigenvalue weighted by Crippen LogP contribution is -2.01. The molecule has 0 radical (unpaired) electrons. The molecular weight excluding hydrogens is 280 g/mol. The van der Waals surface area contributed by atoms with Crippen molar-refractivity contribution in [3.63, 3.8) is 0 Å². The molecule has 0 atom stereocenters. The van der Waals surface area contributed by atoms with Gasteiger partial charge in [0.2, 0.25) is 11.5 Å². The second-order valence-corrected chi connectivity index (χ2v) is 5.58. The van der Waals surface area contributed by atoms with Gasteiger partial charge in [0.15, 0.2) is 11.5 Å². The van der Waals surface area contributed by atoms with E-state index in [-0.39, 0.29) is 17.2 Å². The van der Waals surface area contributed by atoms with Crippen LogP contribution in [0.25, 0.3) is 0 Å². The third kappa shape index (κ3) is 6.46. The Bertz CT molecular complexity index is 418. The minimum atomic E-state index is -0.106. The standard InChI is InChI=1S/C18H30O4/c1-3-5-7-9-13-21-16-12-11-15(19)18(17(16)20)22-14-10-8-6-4-2/h11-12,19-20H,3-10,13-14H2,1-2H3. The summed E-state index contributed by atoms with van der Waals surface area (Å²) in [6.45, 7) is 5.37. The van der Waals surface area contributed by atoms with Crippen LogP contribution in [0.3, 0.4) is 0 Å². The van der Waals surface area contributed by atoms with Gasteiger partial charge in [-0.25, -0.2) is 0 Å². The van der Waals surface area contributed by atoms with Gasteiger partial charge in [-0.05, 0) is 25.0 Å². The molecule has 0 heterocycles. The van der Waals surface area contributed by atoms with E-state index >= 15 is 0 Å². The summed E-state index contributed by atoms with van der Waals surface area (Å²) in [6.07, 6.45) is 8.79. The lowest BCUT2D eigenvalue weighted by Gasteiger charge is -2.13. The second-order valence-electron chi connectivity index (χ2n) is 5.58. The predicted molar refractivity (Wildman–Crippen MR) is 89.0 cm³/mol. The zero-order chi connectivity index (χ0) is 16.2. The van der Waals surface area contributed by atoms with Crippen LogP contribution in [-0.4, -0.2) is 23.4 Å². The maximum absolute atomic E-state index is 10.2. The fourth-order valence-electron chi connectivity index (χ4n) is 2.22. The number of ether oxygens (including phenoxy) is 2. The largest absolute Gasteiger partial charge is 0.504 e. The summed E-state index contributed by atoms with van der Waals surface area (Å²) < 4.78 is 11.1. The molecule has 1 rings (SSSR count). The molecule has 0 aliphatic heterocycles. The van der Waals surface area contributed by atoms with E-state index in [9.17, 15) is 10.2 Å². The topological polar surface area (TPSA) is 58.9 Å². The van der Waals surface area contributed by atoms with Crippen LogP contribution in [0.15, 0.2) is 12.1 Å². The minimum Gasteiger partial charge on any atom is -0.504 e. The average molecular weight is 310 g/mol. The Balaban J connectivity index is 2.48. The van der Waals surface area contributed by atoms with E-state index in [0.717, 1.165) is 32.1 Å². The SMILES string of the molecule is CCCCCCOc1ccc(O)c(OCCCCCC)c1O. The highest BCUT2D eigenvalue weighted by Crippen LogP contribution is 2.42. The molecular formula is C18H30O4. The first-order valence-corrected chi connectivity index (χ1v) is 8.51. The molecule has 126 valence electrons. The van der Waals surface area contributed by atoms with Crippen LogP contribution in [0.1, 0.15) is 65.2 Å². The summed E-state index contributed by atoms with van der Waals surface area (Å²) in [5.74, 6) is 0.345. The molecule has 22 heavy (non-hydrogen) atoms. The molecule has 0 amide bonds. The zero-order valence-corrected chi connectivity index (χ0v) is 13.9. The van der Waals surface area contributed by atoms with Crippen molar-refractivity contribution in [2.24, 2.45) is 0 Å². The molecule has 0 aromatic heterocycles. The number of phenolic OH excluding ortho intramolecular Hbond substituents is 2. The maximum atomic E-state index is 10.2. The molecule has 1 aromatic carbocycles. The van der Waals surface area contributed by atoms with Crippen molar-refractivity contribution in [2.75, 3.05) is 13.2 Å². The quantitative estimate of drug-likeness (QED) is 0.532. The van der Waals surface area contributed by atoms with Crippen molar-refractivity contribution in [3.05, 3.63) is 12.1 Å². The summed E-state index contributed by atoms with van der Waals surface area (Å²) in [4.78, 5) is 0. The van der Waals surface area contributed by atoms with Gasteiger partial charge in [0.25, 0.3) is 0 Å². The lowest BCUT2D eigenvalue weighted by molar-refractivity contribution is 0.255. The van der Waals surface area contributed by atoms with E-state index < -0.39 is 0 Å². The van der Waals surface area contributed by atoms with Crippen LogP contribution in [-0.2, 0) is 0 Å². The first-order chi connectivity index (χ1) is 10.7. The molecule has 0 unspecified atom stereocenters. The van der Waals surface area contributed by atoms with Gasteiger partial charge in [0.1, 0.15) is 0 Å². The number of rotatable bonds is 12. The third-order valence-electron chi connectivity index (χ3n) is 3.57. The van der Waals surface area contributed by atoms with Crippen LogP contribution >= 0.6 is 0 Å². The average Bonchev–Trinajstić information content (AvgIpc) is 2.51. The second kappa shape index (κ2) is 11.0. The van der Waals surface area contributed by atoms with Crippen molar-refractivity contribution in [3.8, 4) is 23.0 Å². The van der Waals surface area contributed by atoms with Crippen LogP contribution in [0.4, 0.5) is 0 Å². The molecule has 0 fully saturated rings. The summed E-state index contributed by atoms with van der Waals surface area (Å²) in [6, 6.07) is 3.08. The summed E-state index contributed by atoms with van der Waals surface area (Å²) >= 11 is 0. The Morgan fingerprint density at radius 1 is 0.773 bits per heavy atom. The van der Waals surface area contributed by atoms with Gasteiger partial charge in [0, 0.05) is 0 Å². The van der Waals surface area contributed by atoms with Crippen molar-refractivity contribution < 1.29 is 19.7 Å². The summed E-state index contributed by atoms with van der Waals surface area (Å²) in [7, 11) is 0. The molecule has 0 spiro atoms. The van der Waals surface area contributed by atoms with Gasteiger partial charge in [-0.1, -0.05) is 52.4 Å². The number of benzene rings is 1. The van der Waals surface area contributed by atoms with Gasteiger partial charge in [-0.3, -0.25) is 0 Å². The van der Waals surface area contributed by atoms with Gasteiger partial charge in [-0.2, -0.15) is 0 Å². The fraction of sp³-hybridized carbons (Fsp3) is 0.667. The van der Waals surface area contributed by atoms with Crippen molar-refractivity contribution in [1.82, 2.24) is 0 Å². The Labute approximate surface area is 134 Å². The fourth-order valence-corrected chi connectivity index (χ4v) is 2.22. The number of unbranched alkanes of at least 4 members (excludes halogenated alkanes) is 6. The first-order valence-electron chi connectivity index (χ1n) is 8.51. The Kier molecular flexibility index (Phi) is 9.28. The van der Waals surface area contributed by atoms with Crippen molar-refractivity contribution >= 4 is 0 Å². The van der Waals surface area contributed by atoms with E-state index in [4.69, 9.17) is 9.47 Å². The predicted octanol–water partition coefficient (Wildman–Crippen LogP) is 5.02. The Morgan fingerprint density at radius 3 is 1.95 bits per heavy atom. The molecule has 0 aliphatic rings. The maximum Gasteiger partial charge on any atom is 0.207 e. The molecule has 0 aliphatic carbocycles. The van der Waals surface area contributed by atoms with Crippen LogP contribution < -0.4 is 9.47 Å². The number of aromatic hydroxyl groups is 2. The highest BCUT2D eigenvalue weighted by Gasteiger charge is 2.14. The minimum absolute atomic E-state index is 0.0497. The highest BCUT2D eigenvalue weighted by atomic mass is 16.5. The summed E-state index contributed by atoms with van der Waals surface area (Å²) in [5.41, 5.74) is 0. The Morgan fingerprint density at radius 2 is 1.36 bits per heavy atom. The molecule has 0 saturated carbocycles.